The molecule has 23 heavy (non-hydrogen) atoms. The summed E-state index contributed by atoms with van der Waals surface area (Å²) in [7, 11) is 1.80. The molecule has 1 amide bonds. The lowest BCUT2D eigenvalue weighted by atomic mass is 10.1. The summed E-state index contributed by atoms with van der Waals surface area (Å²) in [5.74, 6) is 1.48. The molecule has 1 aliphatic heterocycles. The van der Waals surface area contributed by atoms with Crippen LogP contribution in [0.25, 0.3) is 0 Å². The highest BCUT2D eigenvalue weighted by molar-refractivity contribution is 7.11. The number of guanidine groups is 1. The number of nitrogens with one attached hydrogen (secondary N) is 1. The Bertz CT molecular complexity index is 573. The maximum atomic E-state index is 11.4. The monoisotopic (exact) mass is 337 g/mol. The van der Waals surface area contributed by atoms with Gasteiger partial charge in [-0.2, -0.15) is 0 Å². The Hall–Kier alpha value is -1.63. The summed E-state index contributed by atoms with van der Waals surface area (Å²) in [6.07, 6.45) is 0. The van der Waals surface area contributed by atoms with Crippen LogP contribution < -0.4 is 5.32 Å². The molecule has 0 spiro atoms. The average molecular weight is 337 g/mol. The van der Waals surface area contributed by atoms with Crippen LogP contribution in [0.5, 0.6) is 0 Å². The molecule has 128 valence electrons. The maximum absolute atomic E-state index is 11.4. The minimum Gasteiger partial charge on any atom is -0.350 e. The molecule has 0 saturated carbocycles. The zero-order valence-electron chi connectivity index (χ0n) is 14.7. The first-order valence-corrected chi connectivity index (χ1v) is 8.91. The van der Waals surface area contributed by atoms with E-state index in [1.165, 1.54) is 10.6 Å². The molecule has 2 heterocycles. The van der Waals surface area contributed by atoms with Crippen LogP contribution in [0.3, 0.4) is 0 Å². The first-order valence-electron chi connectivity index (χ1n) is 8.09. The quantitative estimate of drug-likeness (QED) is 0.675. The Labute approximate surface area is 142 Å². The van der Waals surface area contributed by atoms with Crippen molar-refractivity contribution in [2.45, 2.75) is 40.2 Å². The van der Waals surface area contributed by atoms with E-state index in [0.717, 1.165) is 37.1 Å². The molecule has 0 atom stereocenters. The molecule has 0 unspecified atom stereocenters. The lowest BCUT2D eigenvalue weighted by Gasteiger charge is -2.36. The molecule has 1 aliphatic rings. The number of aromatic nitrogens is 1. The highest BCUT2D eigenvalue weighted by Crippen LogP contribution is 2.23. The van der Waals surface area contributed by atoms with E-state index in [4.69, 9.17) is 4.98 Å². The van der Waals surface area contributed by atoms with Crippen molar-refractivity contribution in [1.29, 1.82) is 0 Å². The molecule has 6 nitrogen and oxygen atoms in total. The predicted octanol–water partition coefficient (Wildman–Crippen LogP) is 1.81. The van der Waals surface area contributed by atoms with E-state index >= 15 is 0 Å². The van der Waals surface area contributed by atoms with Crippen molar-refractivity contribution in [2.24, 2.45) is 4.99 Å². The fraction of sp³-hybridized carbons (Fsp3) is 0.688. The number of amides is 1. The third-order valence-corrected chi connectivity index (χ3v) is 5.04. The summed E-state index contributed by atoms with van der Waals surface area (Å²) in [6, 6.07) is 0. The number of nitrogens with zero attached hydrogens (tertiary/aromatic N) is 4. The van der Waals surface area contributed by atoms with Gasteiger partial charge in [-0.05, 0) is 12.8 Å². The zero-order chi connectivity index (χ0) is 17.0. The number of carbonyl (C=O) groups is 1. The van der Waals surface area contributed by atoms with Crippen molar-refractivity contribution in [3.8, 4) is 0 Å². The van der Waals surface area contributed by atoms with Crippen molar-refractivity contribution < 1.29 is 4.79 Å². The zero-order valence-corrected chi connectivity index (χ0v) is 15.5. The van der Waals surface area contributed by atoms with Gasteiger partial charge in [-0.25, -0.2) is 4.98 Å². The summed E-state index contributed by atoms with van der Waals surface area (Å²) in [4.78, 5) is 25.9. The summed E-state index contributed by atoms with van der Waals surface area (Å²) >= 11 is 1.75. The molecular weight excluding hydrogens is 310 g/mol. The smallest absolute Gasteiger partial charge is 0.219 e. The highest BCUT2D eigenvalue weighted by Gasteiger charge is 2.21. The van der Waals surface area contributed by atoms with Crippen molar-refractivity contribution >= 4 is 23.2 Å². The van der Waals surface area contributed by atoms with E-state index in [-0.39, 0.29) is 5.91 Å². The Morgan fingerprint density at radius 3 is 2.39 bits per heavy atom. The van der Waals surface area contributed by atoms with Crippen LogP contribution in [-0.2, 0) is 11.3 Å². The highest BCUT2D eigenvalue weighted by atomic mass is 32.1. The Morgan fingerprint density at radius 1 is 1.30 bits per heavy atom. The summed E-state index contributed by atoms with van der Waals surface area (Å²) in [5, 5.41) is 4.49. The average Bonchev–Trinajstić information content (AvgIpc) is 2.89. The van der Waals surface area contributed by atoms with Crippen LogP contribution in [0.1, 0.15) is 42.3 Å². The lowest BCUT2D eigenvalue weighted by Crippen LogP contribution is -2.53. The van der Waals surface area contributed by atoms with Gasteiger partial charge in [0.1, 0.15) is 5.01 Å². The van der Waals surface area contributed by atoms with E-state index in [9.17, 15) is 4.79 Å². The van der Waals surface area contributed by atoms with E-state index < -0.39 is 0 Å². The molecule has 7 heteroatoms. The Balaban J connectivity index is 1.91. The van der Waals surface area contributed by atoms with Crippen molar-refractivity contribution in [2.75, 3.05) is 33.2 Å². The number of hydrogen-bond acceptors (Lipinski definition) is 4. The number of thiazole rings is 1. The van der Waals surface area contributed by atoms with Crippen LogP contribution in [0.4, 0.5) is 0 Å². The molecule has 0 bridgehead atoms. The van der Waals surface area contributed by atoms with Gasteiger partial charge in [0, 0.05) is 45.0 Å². The van der Waals surface area contributed by atoms with Crippen molar-refractivity contribution in [3.63, 3.8) is 0 Å². The summed E-state index contributed by atoms with van der Waals surface area (Å²) in [6.45, 7) is 11.9. The van der Waals surface area contributed by atoms with Crippen LogP contribution in [0, 0.1) is 6.92 Å². The number of aliphatic imine (C=N–C) groups is 1. The number of rotatable bonds is 3. The first kappa shape index (κ1) is 17.7. The first-order chi connectivity index (χ1) is 10.9. The molecule has 1 aromatic rings. The van der Waals surface area contributed by atoms with Gasteiger partial charge in [0.25, 0.3) is 0 Å². The third kappa shape index (κ3) is 4.43. The van der Waals surface area contributed by atoms with Gasteiger partial charge in [0.05, 0.1) is 12.2 Å². The second-order valence-corrected chi connectivity index (χ2v) is 7.39. The van der Waals surface area contributed by atoms with Crippen LogP contribution in [0.15, 0.2) is 4.99 Å². The molecule has 1 aromatic heterocycles. The van der Waals surface area contributed by atoms with Gasteiger partial charge in [-0.15, -0.1) is 11.3 Å². The fourth-order valence-electron chi connectivity index (χ4n) is 2.80. The van der Waals surface area contributed by atoms with Crippen molar-refractivity contribution in [1.82, 2.24) is 20.1 Å². The summed E-state index contributed by atoms with van der Waals surface area (Å²) in [5.41, 5.74) is 1.19. The Kier molecular flexibility index (Phi) is 5.98. The predicted molar refractivity (Wildman–Crippen MR) is 95.0 cm³/mol. The molecule has 1 N–H and O–H groups in total. The van der Waals surface area contributed by atoms with Gasteiger partial charge in [0.2, 0.25) is 5.91 Å². The van der Waals surface area contributed by atoms with E-state index in [0.29, 0.717) is 12.5 Å². The second-order valence-electron chi connectivity index (χ2n) is 6.10. The van der Waals surface area contributed by atoms with Gasteiger partial charge >= 0.3 is 0 Å². The fourth-order valence-corrected chi connectivity index (χ4v) is 3.82. The second kappa shape index (κ2) is 7.77. The van der Waals surface area contributed by atoms with E-state index in [1.54, 1.807) is 25.3 Å². The normalized spacial score (nSPS) is 16.2. The largest absolute Gasteiger partial charge is 0.350 e. The summed E-state index contributed by atoms with van der Waals surface area (Å²) < 4.78 is 0. The minimum atomic E-state index is 0.145. The molecular formula is C16H27N5OS. The number of piperazine rings is 1. The lowest BCUT2D eigenvalue weighted by molar-refractivity contribution is -0.130. The van der Waals surface area contributed by atoms with Gasteiger partial charge in [-0.1, -0.05) is 13.8 Å². The van der Waals surface area contributed by atoms with Gasteiger partial charge < -0.3 is 15.1 Å². The topological polar surface area (TPSA) is 60.8 Å². The number of hydrogen-bond donors (Lipinski definition) is 1. The molecule has 2 rings (SSSR count). The molecule has 1 fully saturated rings. The molecule has 0 aromatic carbocycles. The Morgan fingerprint density at radius 2 is 1.91 bits per heavy atom. The number of carbonyl (C=O) groups excluding carboxylic acids is 1. The maximum Gasteiger partial charge on any atom is 0.219 e. The van der Waals surface area contributed by atoms with Crippen molar-refractivity contribution in [3.05, 3.63) is 15.6 Å². The SMILES string of the molecule is CN=C(NCc1nc(C(C)C)c(C)s1)N1CCN(C(C)=O)CC1. The molecule has 1 saturated heterocycles. The standard InChI is InChI=1S/C16H27N5OS/c1-11(2)15-12(3)23-14(19-15)10-18-16(17-5)21-8-6-20(7-9-21)13(4)22/h11H,6-10H2,1-5H3,(H,17,18). The van der Waals surface area contributed by atoms with Gasteiger partial charge in [0.15, 0.2) is 5.96 Å². The minimum absolute atomic E-state index is 0.145. The van der Waals surface area contributed by atoms with Crippen LogP contribution >= 0.6 is 11.3 Å². The molecule has 0 radical (unpaired) electrons. The van der Waals surface area contributed by atoms with E-state index in [2.05, 4.69) is 36.0 Å². The van der Waals surface area contributed by atoms with E-state index in [1.807, 2.05) is 4.90 Å². The van der Waals surface area contributed by atoms with Crippen LogP contribution in [-0.4, -0.2) is 59.9 Å². The number of aryl methyl sites for hydroxylation is 1. The van der Waals surface area contributed by atoms with Crippen LogP contribution in [0.2, 0.25) is 0 Å². The van der Waals surface area contributed by atoms with Gasteiger partial charge in [-0.3, -0.25) is 9.79 Å². The molecule has 0 aliphatic carbocycles. The third-order valence-electron chi connectivity index (χ3n) is 4.06.